The maximum Gasteiger partial charge on any atom is 0.225 e. The predicted octanol–water partition coefficient (Wildman–Crippen LogP) is 1.36. The normalized spacial score (nSPS) is 13.0. The van der Waals surface area contributed by atoms with Crippen LogP contribution >= 0.6 is 0 Å². The van der Waals surface area contributed by atoms with Crippen molar-refractivity contribution in [2.75, 3.05) is 5.32 Å². The van der Waals surface area contributed by atoms with Crippen LogP contribution in [0.15, 0.2) is 30.6 Å². The summed E-state index contributed by atoms with van der Waals surface area (Å²) in [6.07, 6.45) is 1.80. The molecule has 1 unspecified atom stereocenters. The summed E-state index contributed by atoms with van der Waals surface area (Å²) in [6, 6.07) is 7.08. The van der Waals surface area contributed by atoms with E-state index < -0.39 is 0 Å². The van der Waals surface area contributed by atoms with Crippen LogP contribution in [-0.2, 0) is 4.79 Å². The molecule has 0 saturated carbocycles. The Morgan fingerprint density at radius 2 is 2.00 bits per heavy atom. The molecule has 0 saturated heterocycles. The highest BCUT2D eigenvalue weighted by Crippen LogP contribution is 2.20. The molecule has 0 fully saturated rings. The molecule has 1 heterocycles. The van der Waals surface area contributed by atoms with Crippen molar-refractivity contribution in [1.29, 1.82) is 0 Å². The number of tetrazole rings is 1. The number of rotatable bonds is 4. The minimum atomic E-state index is -0.182. The van der Waals surface area contributed by atoms with Gasteiger partial charge in [-0.15, -0.1) is 5.10 Å². The van der Waals surface area contributed by atoms with Crippen molar-refractivity contribution in [2.24, 2.45) is 11.1 Å². The lowest BCUT2D eigenvalue weighted by Gasteiger charge is -2.26. The third kappa shape index (κ3) is 4.09. The van der Waals surface area contributed by atoms with Crippen LogP contribution in [0.4, 0.5) is 5.69 Å². The van der Waals surface area contributed by atoms with Crippen molar-refractivity contribution in [2.45, 2.75) is 33.2 Å². The largest absolute Gasteiger partial charge is 0.327 e. The van der Waals surface area contributed by atoms with Gasteiger partial charge in [-0.3, -0.25) is 4.79 Å². The molecule has 0 aliphatic heterocycles. The van der Waals surface area contributed by atoms with Gasteiger partial charge in [-0.2, -0.15) is 0 Å². The minimum absolute atomic E-state index is 0.0902. The van der Waals surface area contributed by atoms with Gasteiger partial charge >= 0.3 is 0 Å². The Morgan fingerprint density at radius 1 is 1.33 bits per heavy atom. The van der Waals surface area contributed by atoms with Crippen LogP contribution in [-0.4, -0.2) is 32.2 Å². The van der Waals surface area contributed by atoms with Gasteiger partial charge < -0.3 is 11.1 Å². The molecule has 1 amide bonds. The van der Waals surface area contributed by atoms with Crippen molar-refractivity contribution < 1.29 is 4.79 Å². The summed E-state index contributed by atoms with van der Waals surface area (Å²) < 4.78 is 1.54. The van der Waals surface area contributed by atoms with Gasteiger partial charge in [0.25, 0.3) is 0 Å². The van der Waals surface area contributed by atoms with Crippen molar-refractivity contribution in [3.63, 3.8) is 0 Å². The van der Waals surface area contributed by atoms with E-state index in [9.17, 15) is 4.79 Å². The fourth-order valence-electron chi connectivity index (χ4n) is 1.70. The van der Waals surface area contributed by atoms with E-state index in [1.165, 1.54) is 6.33 Å². The Hall–Kier alpha value is -2.28. The van der Waals surface area contributed by atoms with Crippen molar-refractivity contribution >= 4 is 11.6 Å². The number of hydrogen-bond acceptors (Lipinski definition) is 5. The average molecular weight is 288 g/mol. The molecule has 0 aliphatic carbocycles. The summed E-state index contributed by atoms with van der Waals surface area (Å²) in [6.45, 7) is 6.06. The maximum atomic E-state index is 12.0. The second kappa shape index (κ2) is 6.01. The maximum absolute atomic E-state index is 12.0. The second-order valence-electron chi connectivity index (χ2n) is 6.03. The van der Waals surface area contributed by atoms with Crippen LogP contribution in [0.2, 0.25) is 0 Å². The fourth-order valence-corrected chi connectivity index (χ4v) is 1.70. The summed E-state index contributed by atoms with van der Waals surface area (Å²) in [5.41, 5.74) is 7.46. The molecular weight excluding hydrogens is 268 g/mol. The summed E-state index contributed by atoms with van der Waals surface area (Å²) in [5, 5.41) is 13.8. The van der Waals surface area contributed by atoms with Crippen LogP contribution in [0.5, 0.6) is 0 Å². The first-order valence-electron chi connectivity index (χ1n) is 6.75. The monoisotopic (exact) mass is 288 g/mol. The number of aromatic nitrogens is 4. The van der Waals surface area contributed by atoms with E-state index in [1.807, 2.05) is 32.9 Å². The molecule has 0 bridgehead atoms. The number of carbonyl (C=O) groups is 1. The molecule has 1 atom stereocenters. The Morgan fingerprint density at radius 3 is 2.52 bits per heavy atom. The van der Waals surface area contributed by atoms with E-state index in [2.05, 4.69) is 20.8 Å². The quantitative estimate of drug-likeness (QED) is 0.885. The lowest BCUT2D eigenvalue weighted by atomic mass is 9.85. The highest BCUT2D eigenvalue weighted by atomic mass is 16.1. The Bertz CT molecular complexity index is 585. The van der Waals surface area contributed by atoms with Gasteiger partial charge in [0.05, 0.1) is 5.69 Å². The molecule has 7 nitrogen and oxygen atoms in total. The van der Waals surface area contributed by atoms with E-state index in [0.717, 1.165) is 11.4 Å². The third-order valence-corrected chi connectivity index (χ3v) is 3.28. The fraction of sp³-hybridized carbons (Fsp3) is 0.429. The second-order valence-corrected chi connectivity index (χ2v) is 6.03. The molecule has 0 aliphatic rings. The predicted molar refractivity (Wildman–Crippen MR) is 79.8 cm³/mol. The molecule has 1 aromatic carbocycles. The zero-order valence-electron chi connectivity index (χ0n) is 12.4. The molecule has 2 aromatic rings. The molecule has 0 radical (unpaired) electrons. The molecular formula is C14H20N6O. The summed E-state index contributed by atoms with van der Waals surface area (Å²) >= 11 is 0. The van der Waals surface area contributed by atoms with Crippen molar-refractivity contribution in [3.8, 4) is 5.69 Å². The Kier molecular flexibility index (Phi) is 4.32. The first kappa shape index (κ1) is 15.1. The number of amides is 1. The zero-order chi connectivity index (χ0) is 15.5. The van der Waals surface area contributed by atoms with E-state index in [0.29, 0.717) is 0 Å². The topological polar surface area (TPSA) is 98.7 Å². The Balaban J connectivity index is 1.96. The number of nitrogens with one attached hydrogen (secondary N) is 1. The van der Waals surface area contributed by atoms with Gasteiger partial charge in [0, 0.05) is 18.2 Å². The van der Waals surface area contributed by atoms with E-state index in [4.69, 9.17) is 5.73 Å². The van der Waals surface area contributed by atoms with E-state index in [-0.39, 0.29) is 23.8 Å². The van der Waals surface area contributed by atoms with Gasteiger partial charge in [-0.05, 0) is 40.1 Å². The summed E-state index contributed by atoms with van der Waals surface area (Å²) in [5.74, 6) is -0.0902. The van der Waals surface area contributed by atoms with Crippen LogP contribution in [0.1, 0.15) is 27.2 Å². The number of hydrogen-bond donors (Lipinski definition) is 2. The van der Waals surface area contributed by atoms with E-state index >= 15 is 0 Å². The summed E-state index contributed by atoms with van der Waals surface area (Å²) in [4.78, 5) is 12.0. The minimum Gasteiger partial charge on any atom is -0.327 e. The average Bonchev–Trinajstić information content (AvgIpc) is 2.92. The van der Waals surface area contributed by atoms with Gasteiger partial charge in [-0.25, -0.2) is 4.68 Å². The van der Waals surface area contributed by atoms with Crippen molar-refractivity contribution in [3.05, 3.63) is 30.6 Å². The molecule has 21 heavy (non-hydrogen) atoms. The number of anilines is 1. The van der Waals surface area contributed by atoms with E-state index in [1.54, 1.807) is 16.8 Å². The Labute approximate surface area is 123 Å². The summed E-state index contributed by atoms with van der Waals surface area (Å²) in [7, 11) is 0. The highest BCUT2D eigenvalue weighted by Gasteiger charge is 2.23. The molecule has 0 spiro atoms. The lowest BCUT2D eigenvalue weighted by Crippen LogP contribution is -2.38. The SMILES string of the molecule is CC(C)(C)C(N)CC(=O)Nc1ccc(-n2cnnn2)cc1. The first-order chi connectivity index (χ1) is 9.86. The third-order valence-electron chi connectivity index (χ3n) is 3.28. The lowest BCUT2D eigenvalue weighted by molar-refractivity contribution is -0.117. The van der Waals surface area contributed by atoms with Gasteiger partial charge in [0.1, 0.15) is 6.33 Å². The van der Waals surface area contributed by atoms with Crippen molar-refractivity contribution in [1.82, 2.24) is 20.2 Å². The van der Waals surface area contributed by atoms with Gasteiger partial charge in [-0.1, -0.05) is 20.8 Å². The molecule has 112 valence electrons. The smallest absolute Gasteiger partial charge is 0.225 e. The molecule has 2 rings (SSSR count). The molecule has 3 N–H and O–H groups in total. The number of nitrogens with zero attached hydrogens (tertiary/aromatic N) is 4. The van der Waals surface area contributed by atoms with Gasteiger partial charge in [0.2, 0.25) is 5.91 Å². The van der Waals surface area contributed by atoms with Gasteiger partial charge in [0.15, 0.2) is 0 Å². The standard InChI is InChI=1S/C14H20N6O/c1-14(2,3)12(15)8-13(21)17-10-4-6-11(7-5-10)20-9-16-18-19-20/h4-7,9,12H,8,15H2,1-3H3,(H,17,21). The zero-order valence-corrected chi connectivity index (χ0v) is 12.4. The molecule has 1 aromatic heterocycles. The van der Waals surface area contributed by atoms with Crippen LogP contribution in [0.25, 0.3) is 5.69 Å². The number of carbonyl (C=O) groups excluding carboxylic acids is 1. The van der Waals surface area contributed by atoms with Crippen LogP contribution in [0, 0.1) is 5.41 Å². The van der Waals surface area contributed by atoms with Crippen LogP contribution in [0.3, 0.4) is 0 Å². The highest BCUT2D eigenvalue weighted by molar-refractivity contribution is 5.91. The first-order valence-corrected chi connectivity index (χ1v) is 6.75. The van der Waals surface area contributed by atoms with Crippen LogP contribution < -0.4 is 11.1 Å². The molecule has 7 heteroatoms. The number of benzene rings is 1. The number of nitrogens with two attached hydrogens (primary N) is 1.